The number of nitrogens with one attached hydrogen (secondary N) is 1. The standard InChI is InChI=1S/C24H25N3.C3H6.C2H6/c1-17-5-2-3-6-22(17)24(27)8-4-7-23(18-9-13-20(25)14-10-18)19-11-15-21(26)16-12-19;1-2-3-1;1-2/h2-6,8-17,25H,7,26-27H2,1H3;1-3H2;1-2H3/b8-4-,23-18?,24-22+,25-20?;;. The van der Waals surface area contributed by atoms with Crippen LogP contribution in [0, 0.1) is 11.3 Å². The molecule has 3 nitrogen and oxygen atoms in total. The summed E-state index contributed by atoms with van der Waals surface area (Å²) in [5.74, 6) is 0.324. The topological polar surface area (TPSA) is 75.9 Å². The van der Waals surface area contributed by atoms with Crippen molar-refractivity contribution in [3.63, 3.8) is 0 Å². The Balaban J connectivity index is 0.000000653. The quantitative estimate of drug-likeness (QED) is 0.441. The summed E-state index contributed by atoms with van der Waals surface area (Å²) in [7, 11) is 0. The molecule has 3 aliphatic rings. The number of allylic oxidation sites excluding steroid dienone is 13. The highest BCUT2D eigenvalue weighted by Crippen LogP contribution is 2.27. The van der Waals surface area contributed by atoms with Crippen molar-refractivity contribution in [3.05, 3.63) is 107 Å². The Labute approximate surface area is 193 Å². The fourth-order valence-electron chi connectivity index (χ4n) is 3.16. The summed E-state index contributed by atoms with van der Waals surface area (Å²) in [6.07, 6.45) is 25.2. The van der Waals surface area contributed by atoms with E-state index in [1.54, 1.807) is 0 Å². The normalized spacial score (nSPS) is 19.8. The van der Waals surface area contributed by atoms with Crippen molar-refractivity contribution >= 4 is 17.0 Å². The number of benzene rings is 1. The van der Waals surface area contributed by atoms with Crippen LogP contribution in [0.3, 0.4) is 0 Å². The molecule has 0 amide bonds. The van der Waals surface area contributed by atoms with E-state index in [-0.39, 0.29) is 0 Å². The van der Waals surface area contributed by atoms with Crippen LogP contribution in [-0.2, 0) is 0 Å². The van der Waals surface area contributed by atoms with Gasteiger partial charge in [0.1, 0.15) is 0 Å². The molecule has 0 saturated heterocycles. The van der Waals surface area contributed by atoms with Gasteiger partial charge in [0.05, 0.1) is 5.71 Å². The second-order valence-electron chi connectivity index (χ2n) is 7.79. The average molecular weight is 428 g/mol. The van der Waals surface area contributed by atoms with Crippen LogP contribution in [0.5, 0.6) is 0 Å². The maximum absolute atomic E-state index is 7.72. The summed E-state index contributed by atoms with van der Waals surface area (Å²) >= 11 is 0. The fraction of sp³-hybridized carbons (Fsp3) is 0.276. The van der Waals surface area contributed by atoms with E-state index >= 15 is 0 Å². The van der Waals surface area contributed by atoms with Crippen LogP contribution in [0.4, 0.5) is 5.69 Å². The van der Waals surface area contributed by atoms with Gasteiger partial charge in [-0.15, -0.1) is 0 Å². The lowest BCUT2D eigenvalue weighted by molar-refractivity contribution is 0.869. The van der Waals surface area contributed by atoms with Crippen molar-refractivity contribution in [1.29, 1.82) is 5.41 Å². The van der Waals surface area contributed by atoms with Crippen molar-refractivity contribution in [2.75, 3.05) is 5.73 Å². The van der Waals surface area contributed by atoms with Gasteiger partial charge in [0.2, 0.25) is 0 Å². The molecule has 1 unspecified atom stereocenters. The Morgan fingerprint density at radius 3 is 2.16 bits per heavy atom. The molecule has 4 rings (SSSR count). The monoisotopic (exact) mass is 427 g/mol. The maximum atomic E-state index is 7.72. The van der Waals surface area contributed by atoms with Crippen molar-refractivity contribution < 1.29 is 0 Å². The van der Waals surface area contributed by atoms with Gasteiger partial charge in [0.25, 0.3) is 0 Å². The summed E-state index contributed by atoms with van der Waals surface area (Å²) in [5.41, 5.74) is 18.7. The molecule has 0 radical (unpaired) electrons. The molecule has 1 fully saturated rings. The Bertz CT molecular complexity index is 957. The highest BCUT2D eigenvalue weighted by molar-refractivity contribution is 6.04. The van der Waals surface area contributed by atoms with Gasteiger partial charge in [-0.2, -0.15) is 0 Å². The van der Waals surface area contributed by atoms with Gasteiger partial charge in [0, 0.05) is 17.3 Å². The minimum atomic E-state index is 0.324. The third-order valence-electron chi connectivity index (χ3n) is 5.08. The van der Waals surface area contributed by atoms with E-state index in [2.05, 4.69) is 25.2 Å². The third kappa shape index (κ3) is 8.07. The lowest BCUT2D eigenvalue weighted by Crippen LogP contribution is -2.06. The summed E-state index contributed by atoms with van der Waals surface area (Å²) in [6, 6.07) is 7.89. The van der Waals surface area contributed by atoms with E-state index in [4.69, 9.17) is 16.9 Å². The molecule has 168 valence electrons. The SMILES string of the molecule is C1CC1.CC.CC1C=CC=C/C1=C(N)/C=C\CC(=C1C=CC(=N)C=C1)c1ccc(N)cc1. The summed E-state index contributed by atoms with van der Waals surface area (Å²) in [6.45, 7) is 6.14. The third-order valence-corrected chi connectivity index (χ3v) is 5.08. The Morgan fingerprint density at radius 1 is 0.969 bits per heavy atom. The minimum absolute atomic E-state index is 0.324. The molecule has 0 heterocycles. The number of hydrogen-bond donors (Lipinski definition) is 3. The molecular weight excluding hydrogens is 390 g/mol. The van der Waals surface area contributed by atoms with E-state index in [0.717, 1.165) is 34.5 Å². The van der Waals surface area contributed by atoms with E-state index in [1.165, 1.54) is 24.8 Å². The van der Waals surface area contributed by atoms with Gasteiger partial charge in [-0.05, 0) is 59.1 Å². The first-order chi connectivity index (χ1) is 15.5. The molecule has 32 heavy (non-hydrogen) atoms. The highest BCUT2D eigenvalue weighted by atomic mass is 14.6. The molecule has 1 aromatic rings. The molecule has 0 aromatic heterocycles. The zero-order valence-electron chi connectivity index (χ0n) is 19.6. The second-order valence-corrected chi connectivity index (χ2v) is 7.79. The highest BCUT2D eigenvalue weighted by Gasteiger charge is 2.09. The zero-order chi connectivity index (χ0) is 23.3. The van der Waals surface area contributed by atoms with Gasteiger partial charge in [-0.25, -0.2) is 0 Å². The van der Waals surface area contributed by atoms with Crippen molar-refractivity contribution in [3.8, 4) is 0 Å². The molecule has 3 aliphatic carbocycles. The summed E-state index contributed by atoms with van der Waals surface area (Å²) in [4.78, 5) is 0. The minimum Gasteiger partial charge on any atom is -0.399 e. The van der Waals surface area contributed by atoms with Crippen LogP contribution in [0.25, 0.3) is 5.57 Å². The molecule has 5 N–H and O–H groups in total. The van der Waals surface area contributed by atoms with E-state index in [1.807, 2.05) is 80.6 Å². The molecular formula is C29H37N3. The van der Waals surface area contributed by atoms with Gasteiger partial charge in [0.15, 0.2) is 0 Å². The van der Waals surface area contributed by atoms with E-state index < -0.39 is 0 Å². The van der Waals surface area contributed by atoms with E-state index in [9.17, 15) is 0 Å². The zero-order valence-corrected chi connectivity index (χ0v) is 19.6. The van der Waals surface area contributed by atoms with Gasteiger partial charge in [-0.3, -0.25) is 0 Å². The van der Waals surface area contributed by atoms with Gasteiger partial charge >= 0.3 is 0 Å². The first-order valence-electron chi connectivity index (χ1n) is 11.6. The van der Waals surface area contributed by atoms with Crippen LogP contribution in [0.15, 0.2) is 102 Å². The number of anilines is 1. The molecule has 0 aliphatic heterocycles. The number of nitrogen functional groups attached to an aromatic ring is 1. The Morgan fingerprint density at radius 2 is 1.59 bits per heavy atom. The first kappa shape index (κ1) is 24.9. The number of nitrogens with two attached hydrogens (primary N) is 2. The predicted octanol–water partition coefficient (Wildman–Crippen LogP) is 7.29. The smallest absolute Gasteiger partial charge is 0.0540 e. The molecule has 0 bridgehead atoms. The second kappa shape index (κ2) is 13.2. The lowest BCUT2D eigenvalue weighted by atomic mass is 9.92. The van der Waals surface area contributed by atoms with E-state index in [0.29, 0.717) is 11.6 Å². The maximum Gasteiger partial charge on any atom is 0.0540 e. The fourth-order valence-corrected chi connectivity index (χ4v) is 3.16. The Hall–Kier alpha value is -3.33. The summed E-state index contributed by atoms with van der Waals surface area (Å²) < 4.78 is 0. The lowest BCUT2D eigenvalue weighted by Gasteiger charge is -2.14. The van der Waals surface area contributed by atoms with Crippen LogP contribution >= 0.6 is 0 Å². The van der Waals surface area contributed by atoms with Crippen molar-refractivity contribution in [2.24, 2.45) is 11.7 Å². The van der Waals surface area contributed by atoms with Crippen LogP contribution in [0.1, 0.15) is 52.0 Å². The van der Waals surface area contributed by atoms with Crippen LogP contribution in [0.2, 0.25) is 0 Å². The molecule has 1 aromatic carbocycles. The number of hydrogen-bond acceptors (Lipinski definition) is 3. The van der Waals surface area contributed by atoms with Crippen molar-refractivity contribution in [1.82, 2.24) is 0 Å². The van der Waals surface area contributed by atoms with Crippen LogP contribution in [-0.4, -0.2) is 5.71 Å². The molecule has 1 saturated carbocycles. The summed E-state index contributed by atoms with van der Waals surface area (Å²) in [5, 5.41) is 7.72. The average Bonchev–Trinajstić information content (AvgIpc) is 3.70. The predicted molar refractivity (Wildman–Crippen MR) is 141 cm³/mol. The van der Waals surface area contributed by atoms with Gasteiger partial charge < -0.3 is 16.9 Å². The number of rotatable bonds is 4. The first-order valence-corrected chi connectivity index (χ1v) is 11.6. The largest absolute Gasteiger partial charge is 0.399 e. The molecule has 1 atom stereocenters. The van der Waals surface area contributed by atoms with Crippen molar-refractivity contribution in [2.45, 2.75) is 46.5 Å². The van der Waals surface area contributed by atoms with Crippen LogP contribution < -0.4 is 11.5 Å². The van der Waals surface area contributed by atoms with Gasteiger partial charge in [-0.1, -0.05) is 94.7 Å². The Kier molecular flexibility index (Phi) is 10.3. The molecule has 3 heteroatoms. The molecule has 0 spiro atoms.